The van der Waals surface area contributed by atoms with Crippen LogP contribution in [0.4, 0.5) is 0 Å². The van der Waals surface area contributed by atoms with Gasteiger partial charge in [-0.25, -0.2) is 0 Å². The van der Waals surface area contributed by atoms with Crippen molar-refractivity contribution < 1.29 is 20.1 Å². The number of aliphatic hydroxyl groups excluding tert-OH is 3. The zero-order valence-corrected chi connectivity index (χ0v) is 10.4. The smallest absolute Gasteiger partial charge is 0.273 e. The molecule has 1 unspecified atom stereocenters. The Labute approximate surface area is 107 Å². The quantitative estimate of drug-likeness (QED) is 0.459. The number of hydrogen-bond acceptors (Lipinski definition) is 7. The highest BCUT2D eigenvalue weighted by molar-refractivity contribution is 7.98. The molecular formula is C10H14N2O5S. The molecule has 4 atom stereocenters. The molecule has 0 spiro atoms. The lowest BCUT2D eigenvalue weighted by atomic mass is 10.1. The van der Waals surface area contributed by atoms with Crippen molar-refractivity contribution in [1.29, 1.82) is 0 Å². The van der Waals surface area contributed by atoms with E-state index < -0.39 is 31.1 Å². The van der Waals surface area contributed by atoms with Crippen molar-refractivity contribution in [1.82, 2.24) is 9.55 Å². The SMILES string of the molecule is CSc1nc(=O)ccn1C1O[C@H](CO)[C@@H](O)[C@H]1O. The molecule has 3 N–H and O–H groups in total. The van der Waals surface area contributed by atoms with E-state index in [0.717, 1.165) is 0 Å². The topological polar surface area (TPSA) is 105 Å². The first-order valence-electron chi connectivity index (χ1n) is 5.34. The maximum Gasteiger partial charge on any atom is 0.273 e. The van der Waals surface area contributed by atoms with Crippen LogP contribution in [0, 0.1) is 0 Å². The summed E-state index contributed by atoms with van der Waals surface area (Å²) in [5.41, 5.74) is -0.387. The zero-order valence-electron chi connectivity index (χ0n) is 9.63. The van der Waals surface area contributed by atoms with Gasteiger partial charge in [0, 0.05) is 12.3 Å². The molecule has 0 saturated carbocycles. The molecule has 1 saturated heterocycles. The first-order valence-corrected chi connectivity index (χ1v) is 6.56. The van der Waals surface area contributed by atoms with Gasteiger partial charge in [0.15, 0.2) is 11.4 Å². The Morgan fingerprint density at radius 3 is 2.78 bits per heavy atom. The largest absolute Gasteiger partial charge is 0.394 e. The van der Waals surface area contributed by atoms with Gasteiger partial charge in [-0.1, -0.05) is 11.8 Å². The van der Waals surface area contributed by atoms with Gasteiger partial charge in [-0.2, -0.15) is 4.98 Å². The molecule has 1 aliphatic rings. The Balaban J connectivity index is 2.35. The fourth-order valence-corrected chi connectivity index (χ4v) is 2.41. The van der Waals surface area contributed by atoms with Crippen molar-refractivity contribution in [3.63, 3.8) is 0 Å². The Hall–Kier alpha value is -0.930. The van der Waals surface area contributed by atoms with Crippen molar-refractivity contribution in [2.75, 3.05) is 12.9 Å². The van der Waals surface area contributed by atoms with Crippen molar-refractivity contribution >= 4 is 11.8 Å². The van der Waals surface area contributed by atoms with Crippen LogP contribution < -0.4 is 5.56 Å². The number of thioether (sulfide) groups is 1. The average molecular weight is 274 g/mol. The maximum absolute atomic E-state index is 11.2. The molecule has 1 aliphatic heterocycles. The van der Waals surface area contributed by atoms with Gasteiger partial charge in [-0.05, 0) is 6.26 Å². The summed E-state index contributed by atoms with van der Waals surface area (Å²) >= 11 is 1.23. The van der Waals surface area contributed by atoms with Crippen LogP contribution in [0.15, 0.2) is 22.2 Å². The molecule has 18 heavy (non-hydrogen) atoms. The van der Waals surface area contributed by atoms with E-state index >= 15 is 0 Å². The number of hydrogen-bond donors (Lipinski definition) is 3. The Morgan fingerprint density at radius 1 is 1.50 bits per heavy atom. The van der Waals surface area contributed by atoms with E-state index in [-0.39, 0.29) is 5.56 Å². The van der Waals surface area contributed by atoms with Crippen molar-refractivity contribution in [2.45, 2.75) is 29.7 Å². The lowest BCUT2D eigenvalue weighted by molar-refractivity contribution is -0.0576. The van der Waals surface area contributed by atoms with E-state index in [1.807, 2.05) is 0 Å². The second kappa shape index (κ2) is 5.37. The van der Waals surface area contributed by atoms with Gasteiger partial charge >= 0.3 is 0 Å². The van der Waals surface area contributed by atoms with Gasteiger partial charge in [0.25, 0.3) is 5.56 Å². The second-order valence-electron chi connectivity index (χ2n) is 3.89. The molecule has 1 aromatic rings. The van der Waals surface area contributed by atoms with Crippen LogP contribution >= 0.6 is 11.8 Å². The lowest BCUT2D eigenvalue weighted by Gasteiger charge is -2.20. The van der Waals surface area contributed by atoms with Crippen molar-refractivity contribution in [2.24, 2.45) is 0 Å². The maximum atomic E-state index is 11.2. The molecule has 0 amide bonds. The molecule has 8 heteroatoms. The minimum Gasteiger partial charge on any atom is -0.394 e. The molecule has 0 aliphatic carbocycles. The van der Waals surface area contributed by atoms with E-state index in [1.54, 1.807) is 6.26 Å². The van der Waals surface area contributed by atoms with Crippen LogP contribution in [0.25, 0.3) is 0 Å². The van der Waals surface area contributed by atoms with Crippen LogP contribution in [0.3, 0.4) is 0 Å². The summed E-state index contributed by atoms with van der Waals surface area (Å²) in [6.45, 7) is -0.392. The van der Waals surface area contributed by atoms with Crippen LogP contribution in [0.2, 0.25) is 0 Å². The summed E-state index contributed by atoms with van der Waals surface area (Å²) < 4.78 is 6.83. The van der Waals surface area contributed by atoms with Crippen LogP contribution in [-0.2, 0) is 4.74 Å². The molecule has 0 bridgehead atoms. The number of aromatic nitrogens is 2. The summed E-state index contributed by atoms with van der Waals surface area (Å²) in [5, 5.41) is 28.9. The van der Waals surface area contributed by atoms with Crippen LogP contribution in [-0.4, -0.2) is 56.0 Å². The van der Waals surface area contributed by atoms with Crippen molar-refractivity contribution in [3.05, 3.63) is 22.6 Å². The van der Waals surface area contributed by atoms with Gasteiger partial charge in [-0.15, -0.1) is 0 Å². The Morgan fingerprint density at radius 2 is 2.22 bits per heavy atom. The van der Waals surface area contributed by atoms with Gasteiger partial charge in [0.1, 0.15) is 18.3 Å². The van der Waals surface area contributed by atoms with E-state index in [0.29, 0.717) is 5.16 Å². The van der Waals surface area contributed by atoms with Gasteiger partial charge in [0.2, 0.25) is 0 Å². The molecule has 7 nitrogen and oxygen atoms in total. The highest BCUT2D eigenvalue weighted by Crippen LogP contribution is 2.31. The summed E-state index contributed by atoms with van der Waals surface area (Å²) in [7, 11) is 0. The number of ether oxygens (including phenoxy) is 1. The van der Waals surface area contributed by atoms with Crippen molar-refractivity contribution in [3.8, 4) is 0 Å². The molecule has 0 aromatic carbocycles. The summed E-state index contributed by atoms with van der Waals surface area (Å²) in [6.07, 6.45) is -0.889. The first kappa shape index (κ1) is 13.5. The second-order valence-corrected chi connectivity index (χ2v) is 4.66. The van der Waals surface area contributed by atoms with Gasteiger partial charge < -0.3 is 20.1 Å². The molecule has 0 radical (unpaired) electrons. The third kappa shape index (κ3) is 2.29. The zero-order chi connectivity index (χ0) is 13.3. The van der Waals surface area contributed by atoms with Crippen LogP contribution in [0.1, 0.15) is 6.23 Å². The third-order valence-electron chi connectivity index (χ3n) is 2.78. The minimum atomic E-state index is -1.18. The predicted octanol–water partition coefficient (Wildman–Crippen LogP) is -1.42. The lowest BCUT2D eigenvalue weighted by Crippen LogP contribution is -2.33. The average Bonchev–Trinajstić information content (AvgIpc) is 2.66. The van der Waals surface area contributed by atoms with Gasteiger partial charge in [-0.3, -0.25) is 9.36 Å². The predicted molar refractivity (Wildman–Crippen MR) is 63.3 cm³/mol. The van der Waals surface area contributed by atoms with E-state index in [9.17, 15) is 15.0 Å². The number of rotatable bonds is 3. The molecule has 100 valence electrons. The fourth-order valence-electron chi connectivity index (χ4n) is 1.85. The Kier molecular flexibility index (Phi) is 4.03. The summed E-state index contributed by atoms with van der Waals surface area (Å²) in [5.74, 6) is 0. The summed E-state index contributed by atoms with van der Waals surface area (Å²) in [4.78, 5) is 14.9. The van der Waals surface area contributed by atoms with Crippen LogP contribution in [0.5, 0.6) is 0 Å². The van der Waals surface area contributed by atoms with Gasteiger partial charge in [0.05, 0.1) is 6.61 Å². The number of nitrogens with zero attached hydrogens (tertiary/aromatic N) is 2. The molecule has 1 fully saturated rings. The van der Waals surface area contributed by atoms with E-state index in [2.05, 4.69) is 4.98 Å². The highest BCUT2D eigenvalue weighted by Gasteiger charge is 2.43. The summed E-state index contributed by atoms with van der Waals surface area (Å²) in [6, 6.07) is 1.24. The standard InChI is InChI=1S/C10H14N2O5S/c1-18-10-11-6(14)2-3-12(10)9-8(16)7(15)5(4-13)17-9/h2-3,5,7-9,13,15-16H,4H2,1H3/t5-,7-,8-,9?/m1/s1. The molecular weight excluding hydrogens is 260 g/mol. The monoisotopic (exact) mass is 274 g/mol. The highest BCUT2D eigenvalue weighted by atomic mass is 32.2. The first-order chi connectivity index (χ1) is 8.58. The normalized spacial score (nSPS) is 31.8. The molecule has 2 rings (SSSR count). The molecule has 1 aromatic heterocycles. The Bertz CT molecular complexity index is 480. The number of aliphatic hydroxyl groups is 3. The van der Waals surface area contributed by atoms with E-state index in [1.165, 1.54) is 28.6 Å². The van der Waals surface area contributed by atoms with E-state index in [4.69, 9.17) is 9.84 Å². The third-order valence-corrected chi connectivity index (χ3v) is 3.45. The fraction of sp³-hybridized carbons (Fsp3) is 0.600. The molecule has 2 heterocycles. The minimum absolute atomic E-state index is 0.373.